The van der Waals surface area contributed by atoms with Gasteiger partial charge in [-0.2, -0.15) is 8.42 Å². The fraction of sp³-hybridized carbons (Fsp3) is 0.288. The maximum atomic E-state index is 11.8. The molecular weight excluding hydrogens is 849 g/mol. The highest BCUT2D eigenvalue weighted by Crippen LogP contribution is 2.57. The average Bonchev–Trinajstić information content (AvgIpc) is 3.63. The first kappa shape index (κ1) is 44.7. The van der Waals surface area contributed by atoms with Crippen LogP contribution in [0.15, 0.2) is 132 Å². The molecule has 0 radical (unpaired) electrons. The highest BCUT2D eigenvalue weighted by atomic mass is 32.2. The largest absolute Gasteiger partial charge is 0.378 e. The van der Waals surface area contributed by atoms with Crippen LogP contribution < -0.4 is 30.3 Å². The quantitative estimate of drug-likeness (QED) is 0.105. The molecule has 5 aromatic rings. The lowest BCUT2D eigenvalue weighted by atomic mass is 9.81. The van der Waals surface area contributed by atoms with E-state index in [9.17, 15) is 13.0 Å². The third kappa shape index (κ3) is 7.69. The molecule has 326 valence electrons. The maximum Gasteiger partial charge on any atom is 0.269 e. The minimum Gasteiger partial charge on any atom is -0.378 e. The van der Waals surface area contributed by atoms with Gasteiger partial charge in [0, 0.05) is 77.3 Å². The van der Waals surface area contributed by atoms with Gasteiger partial charge in [0.25, 0.3) is 10.1 Å². The summed E-state index contributed by atoms with van der Waals surface area (Å²) in [5.41, 5.74) is 15.7. The van der Waals surface area contributed by atoms with Gasteiger partial charge in [-0.15, -0.1) is 11.8 Å². The lowest BCUT2D eigenvalue weighted by molar-refractivity contribution is -0.462. The SMILES string of the molecule is CN(C)c1ccc2c(c1)[Si](C)(C)C1=CC(=[N+](C)C)C=CC1=C2c1ccccc1CS(=O)(=O)O.CN(C)c1ccc2c(c1)[Si](C)(C)c1cc(N(C)C)ccc1C21SCc2ccccc21. The molecule has 3 heterocycles. The van der Waals surface area contributed by atoms with E-state index < -0.39 is 32.0 Å². The number of rotatable bonds is 6. The normalized spacial score (nSPS) is 17.0. The lowest BCUT2D eigenvalue weighted by Gasteiger charge is -2.45. The zero-order valence-electron chi connectivity index (χ0n) is 38.8. The summed E-state index contributed by atoms with van der Waals surface area (Å²) in [5, 5.41) is 5.82. The second kappa shape index (κ2) is 16.3. The summed E-state index contributed by atoms with van der Waals surface area (Å²) in [5.74, 6) is 0.658. The number of hydrogen-bond donors (Lipinski definition) is 1. The number of nitrogens with zero attached hydrogens (tertiary/aromatic N) is 4. The Hall–Kier alpha value is -4.92. The van der Waals surface area contributed by atoms with E-state index in [-0.39, 0.29) is 4.75 Å². The van der Waals surface area contributed by atoms with E-state index in [4.69, 9.17) is 0 Å². The van der Waals surface area contributed by atoms with Crippen LogP contribution in [0, 0.1) is 0 Å². The lowest BCUT2D eigenvalue weighted by Crippen LogP contribution is -2.62. The molecule has 11 heteroatoms. The van der Waals surface area contributed by atoms with Crippen molar-refractivity contribution in [3.8, 4) is 0 Å². The van der Waals surface area contributed by atoms with Crippen LogP contribution in [-0.2, 0) is 26.4 Å². The van der Waals surface area contributed by atoms with Crippen LogP contribution >= 0.6 is 11.8 Å². The van der Waals surface area contributed by atoms with Crippen LogP contribution in [0.25, 0.3) is 5.57 Å². The Kier molecular flexibility index (Phi) is 11.5. The van der Waals surface area contributed by atoms with Crippen LogP contribution in [-0.4, -0.2) is 95.8 Å². The summed E-state index contributed by atoms with van der Waals surface area (Å²) < 4.78 is 35.3. The zero-order valence-corrected chi connectivity index (χ0v) is 42.5. The first-order valence-electron chi connectivity index (χ1n) is 21.6. The Morgan fingerprint density at radius 2 is 1.19 bits per heavy atom. The second-order valence-electron chi connectivity index (χ2n) is 19.1. The number of allylic oxidation sites excluding steroid dienone is 5. The van der Waals surface area contributed by atoms with Crippen molar-refractivity contribution in [1.29, 1.82) is 0 Å². The molecule has 0 amide bonds. The van der Waals surface area contributed by atoms with Crippen molar-refractivity contribution in [2.45, 2.75) is 42.4 Å². The highest BCUT2D eigenvalue weighted by Gasteiger charge is 2.52. The Bertz CT molecular complexity index is 2860. The second-order valence-corrected chi connectivity index (χ2v) is 30.4. The smallest absolute Gasteiger partial charge is 0.269 e. The van der Waals surface area contributed by atoms with Gasteiger partial charge < -0.3 is 14.7 Å². The molecule has 0 unspecified atom stereocenters. The van der Waals surface area contributed by atoms with Crippen molar-refractivity contribution in [3.63, 3.8) is 0 Å². The standard InChI is InChI=1S/C26H30N2O3SSi.C26H30N2SSi/c1-27(2)19-11-13-22-24(15-19)33(5,6)25-16-20(28(3)4)12-14-23(25)26(22)21-10-8-7-9-18(21)17-32(29,30)31;1-27(2)19-11-13-22-24(15-19)30(5,6)25-16-20(28(3)4)12-14-23(25)26(22)21-10-8-7-9-18(21)17-29-26/h7-16H,17H2,1-6H3;7-16H,17H2,1-6H3/p+1. The summed E-state index contributed by atoms with van der Waals surface area (Å²) in [6.45, 7) is 9.82. The Morgan fingerprint density at radius 1 is 0.651 bits per heavy atom. The van der Waals surface area contributed by atoms with Gasteiger partial charge in [-0.3, -0.25) is 4.55 Å². The fourth-order valence-electron chi connectivity index (χ4n) is 10.0. The molecule has 0 saturated heterocycles. The van der Waals surface area contributed by atoms with E-state index in [1.54, 1.807) is 16.4 Å². The summed E-state index contributed by atoms with van der Waals surface area (Å²) in [6.07, 6.45) is 6.58. The predicted molar refractivity (Wildman–Crippen MR) is 276 cm³/mol. The molecule has 0 atom stereocenters. The first-order chi connectivity index (χ1) is 29.7. The molecular formula is C52H61N4O3S2Si2+. The van der Waals surface area contributed by atoms with Crippen molar-refractivity contribution in [2.24, 2.45) is 0 Å². The van der Waals surface area contributed by atoms with Gasteiger partial charge in [-0.25, -0.2) is 4.58 Å². The predicted octanol–water partition coefficient (Wildman–Crippen LogP) is 8.11. The molecule has 0 aromatic heterocycles. The maximum absolute atomic E-state index is 11.8. The summed E-state index contributed by atoms with van der Waals surface area (Å²) in [7, 11) is 8.66. The molecule has 1 aliphatic carbocycles. The highest BCUT2D eigenvalue weighted by molar-refractivity contribution is 8.00. The minimum atomic E-state index is -4.17. The number of benzene rings is 5. The molecule has 1 spiro atoms. The van der Waals surface area contributed by atoms with Gasteiger partial charge in [0.05, 0.1) is 4.75 Å². The molecule has 0 fully saturated rings. The van der Waals surface area contributed by atoms with Crippen molar-refractivity contribution >= 4 is 81.9 Å². The van der Waals surface area contributed by atoms with E-state index in [1.165, 1.54) is 44.0 Å². The number of fused-ring (bicyclic) bond motifs is 8. The molecule has 7 nitrogen and oxygen atoms in total. The summed E-state index contributed by atoms with van der Waals surface area (Å²) in [4.78, 5) is 6.58. The molecule has 1 N–H and O–H groups in total. The fourth-order valence-corrected chi connectivity index (χ4v) is 18.8. The van der Waals surface area contributed by atoms with Crippen molar-refractivity contribution in [3.05, 3.63) is 171 Å². The first-order valence-corrected chi connectivity index (χ1v) is 30.2. The molecule has 0 bridgehead atoms. The third-order valence-electron chi connectivity index (χ3n) is 13.5. The van der Waals surface area contributed by atoms with Gasteiger partial charge in [-0.05, 0) is 113 Å². The minimum absolute atomic E-state index is 0.0978. The number of thioether (sulfide) groups is 1. The average molecular weight is 910 g/mol. The van der Waals surface area contributed by atoms with E-state index >= 15 is 0 Å². The molecule has 5 aromatic carbocycles. The number of anilines is 3. The van der Waals surface area contributed by atoms with Gasteiger partial charge in [0.1, 0.15) is 36.0 Å². The Balaban J connectivity index is 0.000000173. The zero-order chi connectivity index (χ0) is 45.4. The van der Waals surface area contributed by atoms with Gasteiger partial charge in [0.2, 0.25) is 0 Å². The van der Waals surface area contributed by atoms with Gasteiger partial charge in [0.15, 0.2) is 5.71 Å². The van der Waals surface area contributed by atoms with Gasteiger partial charge in [-0.1, -0.05) is 92.9 Å². The van der Waals surface area contributed by atoms with Crippen molar-refractivity contribution in [1.82, 2.24) is 0 Å². The van der Waals surface area contributed by atoms with Crippen LogP contribution in [0.5, 0.6) is 0 Å². The molecule has 3 aliphatic heterocycles. The molecule has 63 heavy (non-hydrogen) atoms. The van der Waals surface area contributed by atoms with Crippen LogP contribution in [0.3, 0.4) is 0 Å². The van der Waals surface area contributed by atoms with E-state index in [1.807, 2.05) is 46.4 Å². The van der Waals surface area contributed by atoms with E-state index in [2.05, 4.69) is 183 Å². The Labute approximate surface area is 382 Å². The van der Waals surface area contributed by atoms with Crippen molar-refractivity contribution < 1.29 is 17.5 Å². The molecule has 0 saturated carbocycles. The third-order valence-corrected chi connectivity index (χ3v) is 22.8. The summed E-state index contributed by atoms with van der Waals surface area (Å²) >= 11 is 2.10. The van der Waals surface area contributed by atoms with Crippen molar-refractivity contribution in [2.75, 3.05) is 71.1 Å². The molecule has 9 rings (SSSR count). The summed E-state index contributed by atoms with van der Waals surface area (Å²) in [6, 6.07) is 37.6. The number of hydrogen-bond acceptors (Lipinski definition) is 6. The van der Waals surface area contributed by atoms with Gasteiger partial charge >= 0.3 is 0 Å². The monoisotopic (exact) mass is 909 g/mol. The molecule has 4 aliphatic rings. The van der Waals surface area contributed by atoms with Crippen LogP contribution in [0.4, 0.5) is 17.1 Å². The Morgan fingerprint density at radius 3 is 1.76 bits per heavy atom. The van der Waals surface area contributed by atoms with E-state index in [0.29, 0.717) is 5.56 Å². The topological polar surface area (TPSA) is 67.1 Å². The van der Waals surface area contributed by atoms with Crippen LogP contribution in [0.2, 0.25) is 26.2 Å². The van der Waals surface area contributed by atoms with Crippen LogP contribution in [0.1, 0.15) is 38.9 Å². The van der Waals surface area contributed by atoms with E-state index in [0.717, 1.165) is 39.4 Å².